The van der Waals surface area contributed by atoms with E-state index < -0.39 is 0 Å². The molecule has 2 aromatic carbocycles. The summed E-state index contributed by atoms with van der Waals surface area (Å²) in [4.78, 5) is 4.64. The van der Waals surface area contributed by atoms with Crippen molar-refractivity contribution in [1.82, 2.24) is 9.55 Å². The predicted octanol–water partition coefficient (Wildman–Crippen LogP) is 6.42. The third kappa shape index (κ3) is 4.87. The fourth-order valence-corrected chi connectivity index (χ4v) is 4.11. The van der Waals surface area contributed by atoms with Crippen molar-refractivity contribution in [3.8, 4) is 11.4 Å². The van der Waals surface area contributed by atoms with Gasteiger partial charge in [0.2, 0.25) is 6.33 Å². The number of allylic oxidation sites excluding steroid dienone is 7. The lowest BCUT2D eigenvalue weighted by Gasteiger charge is -2.19. The molecule has 2 aromatic heterocycles. The highest BCUT2D eigenvalue weighted by Gasteiger charge is 2.15. The monoisotopic (exact) mass is 459 g/mol. The molecule has 174 valence electrons. The number of fused-ring (bicyclic) bond motifs is 1. The fraction of sp³-hybridized carbons (Fsp3) is 0.161. The highest BCUT2D eigenvalue weighted by atomic mass is 16.5. The molecule has 35 heavy (non-hydrogen) atoms. The minimum atomic E-state index is 0.0510. The third-order valence-corrected chi connectivity index (χ3v) is 6.02. The van der Waals surface area contributed by atoms with Crippen molar-refractivity contribution in [3.05, 3.63) is 127 Å². The smallest absolute Gasteiger partial charge is 0.244 e. The lowest BCUT2D eigenvalue weighted by atomic mass is 9.87. The third-order valence-electron chi connectivity index (χ3n) is 6.02. The van der Waals surface area contributed by atoms with Crippen LogP contribution in [0.15, 0.2) is 109 Å². The molecule has 0 N–H and O–H groups in total. The first-order valence-electron chi connectivity index (χ1n) is 11.8. The summed E-state index contributed by atoms with van der Waals surface area (Å²) in [7, 11) is 2.01. The number of hydrogen-bond acceptors (Lipinski definition) is 2. The first-order chi connectivity index (χ1) is 16.9. The Morgan fingerprint density at radius 3 is 2.66 bits per heavy atom. The number of nitrogens with zero attached hydrogens (tertiary/aromatic N) is 3. The molecular weight excluding hydrogens is 430 g/mol. The van der Waals surface area contributed by atoms with Crippen LogP contribution in [0.1, 0.15) is 32.0 Å². The van der Waals surface area contributed by atoms with Crippen LogP contribution in [0.25, 0.3) is 22.3 Å². The summed E-state index contributed by atoms with van der Waals surface area (Å²) in [5.74, 6) is 1.50. The van der Waals surface area contributed by atoms with Gasteiger partial charge in [0.25, 0.3) is 0 Å². The highest BCUT2D eigenvalue weighted by Crippen LogP contribution is 2.27. The number of benzene rings is 2. The van der Waals surface area contributed by atoms with Crippen LogP contribution >= 0.6 is 0 Å². The van der Waals surface area contributed by atoms with Gasteiger partial charge in [-0.05, 0) is 47.4 Å². The van der Waals surface area contributed by atoms with E-state index in [4.69, 9.17) is 4.74 Å². The van der Waals surface area contributed by atoms with Crippen LogP contribution in [0.3, 0.4) is 0 Å². The van der Waals surface area contributed by atoms with Crippen LogP contribution in [0.5, 0.6) is 5.75 Å². The molecule has 0 spiro atoms. The molecule has 0 saturated carbocycles. The molecule has 0 saturated heterocycles. The number of aromatic nitrogens is 3. The number of hydrogen-bond donors (Lipinski definition) is 0. The van der Waals surface area contributed by atoms with E-state index in [-0.39, 0.29) is 5.41 Å². The number of para-hydroxylation sites is 2. The summed E-state index contributed by atoms with van der Waals surface area (Å²) < 4.78 is 10.4. The number of rotatable bonds is 4. The zero-order chi connectivity index (χ0) is 24.4. The van der Waals surface area contributed by atoms with Gasteiger partial charge < -0.3 is 13.9 Å². The molecule has 0 aliphatic heterocycles. The van der Waals surface area contributed by atoms with Crippen molar-refractivity contribution in [2.75, 3.05) is 0 Å². The predicted molar refractivity (Wildman–Crippen MR) is 141 cm³/mol. The number of imidazole rings is 1. The fourth-order valence-electron chi connectivity index (χ4n) is 4.11. The zero-order valence-electron chi connectivity index (χ0n) is 20.6. The van der Waals surface area contributed by atoms with Gasteiger partial charge in [0.05, 0.1) is 29.5 Å². The second kappa shape index (κ2) is 9.22. The van der Waals surface area contributed by atoms with Gasteiger partial charge in [-0.25, -0.2) is 0 Å². The zero-order valence-corrected chi connectivity index (χ0v) is 20.6. The van der Waals surface area contributed by atoms with E-state index in [0.717, 1.165) is 39.5 Å². The van der Waals surface area contributed by atoms with Gasteiger partial charge in [-0.3, -0.25) is 4.98 Å². The lowest BCUT2D eigenvalue weighted by Crippen LogP contribution is -2.29. The van der Waals surface area contributed by atoms with Crippen LogP contribution in [-0.4, -0.2) is 9.55 Å². The first kappa shape index (κ1) is 22.6. The molecular formula is C31H29N3O. The number of aryl methyl sites for hydroxylation is 1. The van der Waals surface area contributed by atoms with Gasteiger partial charge in [-0.2, -0.15) is 0 Å². The van der Waals surface area contributed by atoms with E-state index in [1.165, 1.54) is 5.56 Å². The van der Waals surface area contributed by atoms with Crippen LogP contribution < -0.4 is 9.30 Å². The van der Waals surface area contributed by atoms with Crippen LogP contribution in [0.2, 0.25) is 0 Å². The lowest BCUT2D eigenvalue weighted by molar-refractivity contribution is -0.572. The maximum absolute atomic E-state index is 6.36. The van der Waals surface area contributed by atoms with Crippen molar-refractivity contribution in [3.63, 3.8) is 0 Å². The molecule has 5 rings (SSSR count). The standard InChI is InChI=1S/C31H29N3O/c1-31(2,3)24-17-18-32-28(20-24)23-11-6-5-7-13-26(19-23)35-27-14-10-12-25(21-27)34-22-33(4)29-15-8-9-16-30(29)34/h5-21H,1-4H3/b6-5?,7-5-,11-6-,13-7?,23-11?,23-19+,26-13+,26-19?. The number of ether oxygens (including phenoxy) is 1. The van der Waals surface area contributed by atoms with E-state index in [1.807, 2.05) is 78.5 Å². The second-order valence-electron chi connectivity index (χ2n) is 9.68. The maximum Gasteiger partial charge on any atom is 0.244 e. The van der Waals surface area contributed by atoms with Gasteiger partial charge in [0.15, 0.2) is 0 Å². The molecule has 4 nitrogen and oxygen atoms in total. The van der Waals surface area contributed by atoms with Crippen LogP contribution in [-0.2, 0) is 12.5 Å². The summed E-state index contributed by atoms with van der Waals surface area (Å²) >= 11 is 0. The average molecular weight is 460 g/mol. The molecule has 4 heteroatoms. The summed E-state index contributed by atoms with van der Waals surface area (Å²) in [6.45, 7) is 6.64. The molecule has 2 heterocycles. The molecule has 4 aromatic rings. The molecule has 1 aliphatic carbocycles. The first-order valence-corrected chi connectivity index (χ1v) is 11.8. The van der Waals surface area contributed by atoms with E-state index in [2.05, 4.69) is 73.1 Å². The van der Waals surface area contributed by atoms with Crippen molar-refractivity contribution >= 4 is 16.6 Å². The van der Waals surface area contributed by atoms with E-state index in [1.54, 1.807) is 0 Å². The Balaban J connectivity index is 1.48. The van der Waals surface area contributed by atoms with Crippen molar-refractivity contribution in [2.24, 2.45) is 7.05 Å². The Morgan fingerprint density at radius 1 is 0.943 bits per heavy atom. The van der Waals surface area contributed by atoms with Crippen LogP contribution in [0, 0.1) is 6.33 Å². The largest absolute Gasteiger partial charge is 0.458 e. The van der Waals surface area contributed by atoms with E-state index in [9.17, 15) is 0 Å². The minimum absolute atomic E-state index is 0.0510. The Kier molecular flexibility index (Phi) is 5.96. The Morgan fingerprint density at radius 2 is 1.80 bits per heavy atom. The van der Waals surface area contributed by atoms with Gasteiger partial charge in [0, 0.05) is 11.8 Å². The summed E-state index contributed by atoms with van der Waals surface area (Å²) in [5, 5.41) is 0. The quantitative estimate of drug-likeness (QED) is 0.260. The molecule has 0 radical (unpaired) electrons. The van der Waals surface area contributed by atoms with Gasteiger partial charge >= 0.3 is 0 Å². The Labute approximate surface area is 206 Å². The summed E-state index contributed by atoms with van der Waals surface area (Å²) in [5.41, 5.74) is 6.43. The summed E-state index contributed by atoms with van der Waals surface area (Å²) in [6, 6.07) is 20.6. The van der Waals surface area contributed by atoms with Gasteiger partial charge in [-0.1, -0.05) is 81.5 Å². The Bertz CT molecular complexity index is 1510. The molecule has 0 atom stereocenters. The van der Waals surface area contributed by atoms with Crippen molar-refractivity contribution in [1.29, 1.82) is 0 Å². The van der Waals surface area contributed by atoms with Crippen LogP contribution in [0.4, 0.5) is 0 Å². The van der Waals surface area contributed by atoms with Crippen molar-refractivity contribution in [2.45, 2.75) is 26.2 Å². The molecule has 0 fully saturated rings. The van der Waals surface area contributed by atoms with Gasteiger partial charge in [-0.15, -0.1) is 0 Å². The molecule has 1 aliphatic rings. The van der Waals surface area contributed by atoms with E-state index in [0.29, 0.717) is 0 Å². The number of pyridine rings is 1. The maximum atomic E-state index is 6.36. The topological polar surface area (TPSA) is 30.9 Å². The van der Waals surface area contributed by atoms with Gasteiger partial charge in [0.1, 0.15) is 11.5 Å². The molecule has 0 amide bonds. The molecule has 0 bridgehead atoms. The van der Waals surface area contributed by atoms with Crippen molar-refractivity contribution < 1.29 is 9.30 Å². The molecule has 0 unspecified atom stereocenters. The second-order valence-corrected chi connectivity index (χ2v) is 9.68. The summed E-state index contributed by atoms with van der Waals surface area (Å²) in [6.07, 6.45) is 17.4. The highest BCUT2D eigenvalue weighted by molar-refractivity contribution is 5.75. The minimum Gasteiger partial charge on any atom is -0.458 e. The SMILES string of the molecule is Cn1[c-][n+](-c2cccc(OC3=C/C=C\C=C/C(c4cc(C(C)(C)C)ccn4)=C\3)c2)c2ccccc21. The van der Waals surface area contributed by atoms with E-state index >= 15 is 0 Å². The Hall–Kier alpha value is -4.18. The average Bonchev–Trinajstić information content (AvgIpc) is 3.17. The normalized spacial score (nSPS) is 18.6.